The summed E-state index contributed by atoms with van der Waals surface area (Å²) >= 11 is 3.47. The zero-order valence-corrected chi connectivity index (χ0v) is 16.4. The maximum absolute atomic E-state index is 12.5. The van der Waals surface area contributed by atoms with Gasteiger partial charge in [-0.05, 0) is 45.8 Å². The van der Waals surface area contributed by atoms with Crippen LogP contribution in [0.5, 0.6) is 0 Å². The van der Waals surface area contributed by atoms with Crippen molar-refractivity contribution >= 4 is 39.2 Å². The number of amides is 2. The first kappa shape index (κ1) is 18.4. The van der Waals surface area contributed by atoms with Crippen LogP contribution >= 0.6 is 15.9 Å². The molecule has 0 radical (unpaired) electrons. The summed E-state index contributed by atoms with van der Waals surface area (Å²) in [4.78, 5) is 32.7. The molecule has 0 spiro atoms. The predicted octanol–water partition coefficient (Wildman–Crippen LogP) is 2.58. The molecule has 1 aromatic carbocycles. The van der Waals surface area contributed by atoms with E-state index in [-0.39, 0.29) is 24.2 Å². The third-order valence-electron chi connectivity index (χ3n) is 4.37. The summed E-state index contributed by atoms with van der Waals surface area (Å²) in [7, 11) is 3.84. The molecule has 6 nitrogen and oxygen atoms in total. The van der Waals surface area contributed by atoms with Crippen molar-refractivity contribution in [1.82, 2.24) is 10.3 Å². The van der Waals surface area contributed by atoms with E-state index < -0.39 is 0 Å². The number of halogens is 1. The molecule has 1 aliphatic heterocycles. The highest BCUT2D eigenvalue weighted by Crippen LogP contribution is 2.31. The van der Waals surface area contributed by atoms with Crippen LogP contribution in [0.1, 0.15) is 12.0 Å². The lowest BCUT2D eigenvalue weighted by molar-refractivity contribution is -0.126. The number of hydrogen-bond acceptors (Lipinski definition) is 4. The summed E-state index contributed by atoms with van der Waals surface area (Å²) in [6, 6.07) is 11.4. The van der Waals surface area contributed by atoms with Gasteiger partial charge in [0.2, 0.25) is 11.8 Å². The largest absolute Gasteiger partial charge is 0.363 e. The Labute approximate surface area is 161 Å². The monoisotopic (exact) mass is 416 g/mol. The zero-order chi connectivity index (χ0) is 18.7. The quantitative estimate of drug-likeness (QED) is 0.813. The van der Waals surface area contributed by atoms with Gasteiger partial charge in [0.25, 0.3) is 0 Å². The van der Waals surface area contributed by atoms with E-state index >= 15 is 0 Å². The van der Waals surface area contributed by atoms with Gasteiger partial charge in [-0.3, -0.25) is 9.59 Å². The van der Waals surface area contributed by atoms with Gasteiger partial charge in [-0.25, -0.2) is 4.98 Å². The average molecular weight is 417 g/mol. The van der Waals surface area contributed by atoms with Crippen molar-refractivity contribution in [2.45, 2.75) is 13.0 Å². The Morgan fingerprint density at radius 2 is 2.12 bits per heavy atom. The molecule has 26 heavy (non-hydrogen) atoms. The second-order valence-corrected chi connectivity index (χ2v) is 7.35. The molecule has 2 heterocycles. The van der Waals surface area contributed by atoms with Crippen LogP contribution in [0.25, 0.3) is 0 Å². The fraction of sp³-hybridized carbons (Fsp3) is 0.316. The van der Waals surface area contributed by atoms with Crippen LogP contribution in [0, 0.1) is 5.92 Å². The molecule has 1 atom stereocenters. The standard InChI is InChI=1S/C19H21BrN4O2/c1-23(2)17-9-13(7-8-21-17)11-22-19(26)14-10-18(25)24(12-14)16-6-4-3-5-15(16)20/h3-9,14H,10-12H2,1-2H3,(H,22,26)/t14-/m1/s1. The van der Waals surface area contributed by atoms with Gasteiger partial charge in [-0.1, -0.05) is 12.1 Å². The average Bonchev–Trinajstić information content (AvgIpc) is 3.02. The van der Waals surface area contributed by atoms with Crippen molar-refractivity contribution < 1.29 is 9.59 Å². The summed E-state index contributed by atoms with van der Waals surface area (Å²) in [5.41, 5.74) is 1.78. The molecule has 3 rings (SSSR count). The van der Waals surface area contributed by atoms with E-state index in [0.717, 1.165) is 21.5 Å². The summed E-state index contributed by atoms with van der Waals surface area (Å²) in [6.45, 7) is 0.814. The van der Waals surface area contributed by atoms with Gasteiger partial charge in [-0.2, -0.15) is 0 Å². The first-order valence-corrected chi connectivity index (χ1v) is 9.20. The van der Waals surface area contributed by atoms with Crippen molar-refractivity contribution in [1.29, 1.82) is 0 Å². The molecule has 1 saturated heterocycles. The highest BCUT2D eigenvalue weighted by Gasteiger charge is 2.35. The molecule has 0 aliphatic carbocycles. The molecule has 1 aromatic heterocycles. The van der Waals surface area contributed by atoms with Crippen molar-refractivity contribution in [3.63, 3.8) is 0 Å². The molecule has 0 bridgehead atoms. The van der Waals surface area contributed by atoms with Crippen molar-refractivity contribution in [2.75, 3.05) is 30.4 Å². The third kappa shape index (κ3) is 4.04. The Bertz CT molecular complexity index is 825. The summed E-state index contributed by atoms with van der Waals surface area (Å²) in [6.07, 6.45) is 1.96. The van der Waals surface area contributed by atoms with Crippen LogP contribution in [-0.2, 0) is 16.1 Å². The zero-order valence-electron chi connectivity index (χ0n) is 14.8. The van der Waals surface area contributed by atoms with Crippen LogP contribution in [0.3, 0.4) is 0 Å². The minimum Gasteiger partial charge on any atom is -0.363 e. The van der Waals surface area contributed by atoms with Crippen LogP contribution in [0.15, 0.2) is 47.1 Å². The second kappa shape index (κ2) is 7.86. The Morgan fingerprint density at radius 3 is 2.85 bits per heavy atom. The van der Waals surface area contributed by atoms with Crippen LogP contribution in [-0.4, -0.2) is 37.4 Å². The molecule has 1 N–H and O–H groups in total. The van der Waals surface area contributed by atoms with E-state index in [4.69, 9.17) is 0 Å². The SMILES string of the molecule is CN(C)c1cc(CNC(=O)[C@@H]2CC(=O)N(c3ccccc3Br)C2)ccn1. The number of nitrogens with zero attached hydrogens (tertiary/aromatic N) is 3. The first-order chi connectivity index (χ1) is 12.5. The smallest absolute Gasteiger partial charge is 0.227 e. The van der Waals surface area contributed by atoms with E-state index in [9.17, 15) is 9.59 Å². The molecule has 7 heteroatoms. The van der Waals surface area contributed by atoms with Gasteiger partial charge in [0.1, 0.15) is 5.82 Å². The van der Waals surface area contributed by atoms with Gasteiger partial charge in [-0.15, -0.1) is 0 Å². The van der Waals surface area contributed by atoms with Gasteiger partial charge < -0.3 is 15.1 Å². The number of hydrogen-bond donors (Lipinski definition) is 1. The van der Waals surface area contributed by atoms with Crippen LogP contribution < -0.4 is 15.1 Å². The lowest BCUT2D eigenvalue weighted by Gasteiger charge is -2.18. The topological polar surface area (TPSA) is 65.5 Å². The molecule has 2 amide bonds. The number of aromatic nitrogens is 1. The number of benzene rings is 1. The van der Waals surface area contributed by atoms with Gasteiger partial charge in [0.15, 0.2) is 0 Å². The first-order valence-electron chi connectivity index (χ1n) is 8.40. The molecular formula is C19H21BrN4O2. The summed E-state index contributed by atoms with van der Waals surface area (Å²) < 4.78 is 0.849. The lowest BCUT2D eigenvalue weighted by atomic mass is 10.1. The Morgan fingerprint density at radius 1 is 1.35 bits per heavy atom. The minimum absolute atomic E-state index is 0.0316. The molecule has 136 valence electrons. The van der Waals surface area contributed by atoms with E-state index in [2.05, 4.69) is 26.2 Å². The second-order valence-electron chi connectivity index (χ2n) is 6.49. The number of nitrogens with one attached hydrogen (secondary N) is 1. The van der Waals surface area contributed by atoms with Gasteiger partial charge in [0, 0.05) is 44.3 Å². The normalized spacial score (nSPS) is 16.7. The molecule has 1 fully saturated rings. The highest BCUT2D eigenvalue weighted by atomic mass is 79.9. The maximum Gasteiger partial charge on any atom is 0.227 e. The van der Waals surface area contributed by atoms with Crippen molar-refractivity contribution in [2.24, 2.45) is 5.92 Å². The van der Waals surface area contributed by atoms with E-state index in [1.165, 1.54) is 0 Å². The van der Waals surface area contributed by atoms with E-state index in [0.29, 0.717) is 13.1 Å². The number of anilines is 2. The third-order valence-corrected chi connectivity index (χ3v) is 5.04. The number of carbonyl (C=O) groups is 2. The molecule has 2 aromatic rings. The number of rotatable bonds is 5. The van der Waals surface area contributed by atoms with Crippen LogP contribution in [0.2, 0.25) is 0 Å². The van der Waals surface area contributed by atoms with E-state index in [1.54, 1.807) is 11.1 Å². The molecule has 1 aliphatic rings. The Kier molecular flexibility index (Phi) is 5.56. The fourth-order valence-electron chi connectivity index (χ4n) is 2.94. The maximum atomic E-state index is 12.5. The summed E-state index contributed by atoms with van der Waals surface area (Å²) in [5, 5.41) is 2.94. The molecule has 0 unspecified atom stereocenters. The van der Waals surface area contributed by atoms with E-state index in [1.807, 2.05) is 55.4 Å². The van der Waals surface area contributed by atoms with Gasteiger partial charge in [0.05, 0.1) is 11.6 Å². The highest BCUT2D eigenvalue weighted by molar-refractivity contribution is 9.10. The van der Waals surface area contributed by atoms with Gasteiger partial charge >= 0.3 is 0 Å². The lowest BCUT2D eigenvalue weighted by Crippen LogP contribution is -2.32. The van der Waals surface area contributed by atoms with Crippen LogP contribution in [0.4, 0.5) is 11.5 Å². The molecular weight excluding hydrogens is 396 g/mol. The Hall–Kier alpha value is -2.41. The fourth-order valence-corrected chi connectivity index (χ4v) is 3.43. The minimum atomic E-state index is -0.343. The summed E-state index contributed by atoms with van der Waals surface area (Å²) in [5.74, 6) is 0.365. The predicted molar refractivity (Wildman–Crippen MR) is 105 cm³/mol. The number of para-hydroxylation sites is 1. The number of pyridine rings is 1. The Balaban J connectivity index is 1.62. The molecule has 0 saturated carbocycles. The number of carbonyl (C=O) groups excluding carboxylic acids is 2. The van der Waals surface area contributed by atoms with Crippen molar-refractivity contribution in [3.8, 4) is 0 Å². The van der Waals surface area contributed by atoms with Crippen molar-refractivity contribution in [3.05, 3.63) is 52.6 Å².